The van der Waals surface area contributed by atoms with Crippen LogP contribution in [0.15, 0.2) is 6.07 Å². The molecule has 2 unspecified atom stereocenters. The number of carbonyl (C=O) groups is 1. The lowest BCUT2D eigenvalue weighted by molar-refractivity contribution is -0.105. The third-order valence-electron chi connectivity index (χ3n) is 3.69. The standard InChI is InChI=1S/C14H23N3O/c1-10-5-6-11(7-10)12-8-13(15-9-18)16-17(12)14(2,3)4/h8-11H,5-7H2,1-4H3,(H,15,16,18). The van der Waals surface area contributed by atoms with Gasteiger partial charge >= 0.3 is 0 Å². The maximum absolute atomic E-state index is 10.6. The van der Waals surface area contributed by atoms with Crippen LogP contribution in [0.4, 0.5) is 5.82 Å². The predicted molar refractivity (Wildman–Crippen MR) is 72.7 cm³/mol. The zero-order valence-electron chi connectivity index (χ0n) is 11.7. The van der Waals surface area contributed by atoms with Gasteiger partial charge in [-0.2, -0.15) is 5.10 Å². The Balaban J connectivity index is 2.34. The lowest BCUT2D eigenvalue weighted by Crippen LogP contribution is -2.26. The molecule has 0 saturated heterocycles. The van der Waals surface area contributed by atoms with Crippen molar-refractivity contribution in [1.82, 2.24) is 9.78 Å². The summed E-state index contributed by atoms with van der Waals surface area (Å²) in [6.07, 6.45) is 4.43. The first kappa shape index (κ1) is 13.1. The second-order valence-electron chi connectivity index (χ2n) is 6.41. The molecule has 1 aliphatic carbocycles. The van der Waals surface area contributed by atoms with E-state index in [1.165, 1.54) is 25.0 Å². The molecule has 1 saturated carbocycles. The summed E-state index contributed by atoms with van der Waals surface area (Å²) in [6.45, 7) is 8.74. The van der Waals surface area contributed by atoms with Crippen molar-refractivity contribution in [1.29, 1.82) is 0 Å². The van der Waals surface area contributed by atoms with Gasteiger partial charge in [-0.25, -0.2) is 0 Å². The molecule has 0 bridgehead atoms. The Morgan fingerprint density at radius 2 is 2.17 bits per heavy atom. The Morgan fingerprint density at radius 3 is 2.67 bits per heavy atom. The van der Waals surface area contributed by atoms with Gasteiger partial charge in [0.25, 0.3) is 0 Å². The van der Waals surface area contributed by atoms with Crippen LogP contribution in [0.3, 0.4) is 0 Å². The second kappa shape index (κ2) is 4.75. The largest absolute Gasteiger partial charge is 0.312 e. The fraction of sp³-hybridized carbons (Fsp3) is 0.714. The van der Waals surface area contributed by atoms with E-state index in [1.807, 2.05) is 6.07 Å². The lowest BCUT2D eigenvalue weighted by Gasteiger charge is -2.24. The van der Waals surface area contributed by atoms with Crippen molar-refractivity contribution in [3.05, 3.63) is 11.8 Å². The van der Waals surface area contributed by atoms with Crippen molar-refractivity contribution in [2.75, 3.05) is 5.32 Å². The highest BCUT2D eigenvalue weighted by Gasteiger charge is 2.29. The molecule has 1 aromatic rings. The predicted octanol–water partition coefficient (Wildman–Crippen LogP) is 3.11. The van der Waals surface area contributed by atoms with E-state index in [0.717, 1.165) is 5.92 Å². The third-order valence-corrected chi connectivity index (χ3v) is 3.69. The molecule has 0 radical (unpaired) electrons. The minimum absolute atomic E-state index is 0.0516. The van der Waals surface area contributed by atoms with Crippen LogP contribution in [0.5, 0.6) is 0 Å². The first-order valence-corrected chi connectivity index (χ1v) is 6.72. The zero-order chi connectivity index (χ0) is 13.3. The quantitative estimate of drug-likeness (QED) is 0.837. The molecule has 1 amide bonds. The molecular weight excluding hydrogens is 226 g/mol. The van der Waals surface area contributed by atoms with Crippen LogP contribution < -0.4 is 5.32 Å². The first-order valence-electron chi connectivity index (χ1n) is 6.72. The van der Waals surface area contributed by atoms with Crippen LogP contribution in [0.1, 0.15) is 58.6 Å². The molecule has 1 aliphatic rings. The third kappa shape index (κ3) is 2.57. The van der Waals surface area contributed by atoms with Crippen LogP contribution in [0.25, 0.3) is 0 Å². The van der Waals surface area contributed by atoms with Crippen LogP contribution in [0.2, 0.25) is 0 Å². The summed E-state index contributed by atoms with van der Waals surface area (Å²) >= 11 is 0. The number of hydrogen-bond acceptors (Lipinski definition) is 2. The SMILES string of the molecule is CC1CCC(c2cc(NC=O)nn2C(C)(C)C)C1. The molecule has 100 valence electrons. The number of carbonyl (C=O) groups excluding carboxylic acids is 1. The summed E-state index contributed by atoms with van der Waals surface area (Å²) in [4.78, 5) is 10.6. The first-order chi connectivity index (χ1) is 8.41. The van der Waals surface area contributed by atoms with Crippen LogP contribution in [-0.2, 0) is 10.3 Å². The summed E-state index contributed by atoms with van der Waals surface area (Å²) in [6, 6.07) is 2.03. The highest BCUT2D eigenvalue weighted by Crippen LogP contribution is 2.39. The van der Waals surface area contributed by atoms with Crippen molar-refractivity contribution < 1.29 is 4.79 Å². The van der Waals surface area contributed by atoms with E-state index in [4.69, 9.17) is 0 Å². The molecule has 2 atom stereocenters. The summed E-state index contributed by atoms with van der Waals surface area (Å²) in [5.41, 5.74) is 1.21. The number of hydrogen-bond donors (Lipinski definition) is 1. The van der Waals surface area contributed by atoms with Crippen molar-refractivity contribution >= 4 is 12.2 Å². The molecule has 1 heterocycles. The van der Waals surface area contributed by atoms with E-state index >= 15 is 0 Å². The summed E-state index contributed by atoms with van der Waals surface area (Å²) in [5.74, 6) is 2.03. The van der Waals surface area contributed by atoms with Crippen LogP contribution >= 0.6 is 0 Å². The van der Waals surface area contributed by atoms with E-state index in [1.54, 1.807) is 0 Å². The molecule has 1 fully saturated rings. The molecule has 0 aliphatic heterocycles. The maximum Gasteiger partial charge on any atom is 0.212 e. The second-order valence-corrected chi connectivity index (χ2v) is 6.41. The van der Waals surface area contributed by atoms with Gasteiger partial charge in [-0.3, -0.25) is 9.48 Å². The highest BCUT2D eigenvalue weighted by atomic mass is 16.1. The zero-order valence-corrected chi connectivity index (χ0v) is 11.7. The number of rotatable bonds is 3. The molecule has 2 rings (SSSR count). The number of anilines is 1. The Kier molecular flexibility index (Phi) is 3.46. The van der Waals surface area contributed by atoms with Crippen molar-refractivity contribution in [2.45, 2.75) is 58.4 Å². The van der Waals surface area contributed by atoms with Crippen molar-refractivity contribution in [3.63, 3.8) is 0 Å². The normalized spacial score (nSPS) is 24.2. The Hall–Kier alpha value is -1.32. The number of nitrogens with zero attached hydrogens (tertiary/aromatic N) is 2. The molecule has 0 spiro atoms. The van der Waals surface area contributed by atoms with Gasteiger partial charge in [0.2, 0.25) is 6.41 Å². The summed E-state index contributed by atoms with van der Waals surface area (Å²) < 4.78 is 2.07. The van der Waals surface area contributed by atoms with E-state index in [0.29, 0.717) is 18.1 Å². The number of amides is 1. The molecule has 1 N–H and O–H groups in total. The Labute approximate surface area is 109 Å². The van der Waals surface area contributed by atoms with E-state index in [2.05, 4.69) is 42.8 Å². The maximum atomic E-state index is 10.6. The van der Waals surface area contributed by atoms with Crippen molar-refractivity contribution in [3.8, 4) is 0 Å². The van der Waals surface area contributed by atoms with Gasteiger partial charge in [0.05, 0.1) is 5.54 Å². The van der Waals surface area contributed by atoms with Gasteiger partial charge in [-0.15, -0.1) is 0 Å². The minimum atomic E-state index is -0.0516. The van der Waals surface area contributed by atoms with Gasteiger partial charge < -0.3 is 5.32 Å². The van der Waals surface area contributed by atoms with Gasteiger partial charge in [0, 0.05) is 17.7 Å². The van der Waals surface area contributed by atoms with Crippen LogP contribution in [0, 0.1) is 5.92 Å². The average Bonchev–Trinajstić information content (AvgIpc) is 2.83. The Morgan fingerprint density at radius 1 is 1.44 bits per heavy atom. The number of aromatic nitrogens is 2. The molecule has 4 heteroatoms. The van der Waals surface area contributed by atoms with E-state index in [-0.39, 0.29) is 5.54 Å². The van der Waals surface area contributed by atoms with Gasteiger partial charge in [-0.05, 0) is 39.5 Å². The monoisotopic (exact) mass is 249 g/mol. The van der Waals surface area contributed by atoms with Gasteiger partial charge in [0.1, 0.15) is 0 Å². The van der Waals surface area contributed by atoms with Gasteiger partial charge in [-0.1, -0.05) is 13.3 Å². The number of nitrogens with one attached hydrogen (secondary N) is 1. The fourth-order valence-electron chi connectivity index (χ4n) is 2.83. The summed E-state index contributed by atoms with van der Waals surface area (Å²) in [7, 11) is 0. The smallest absolute Gasteiger partial charge is 0.212 e. The molecule has 1 aromatic heterocycles. The van der Waals surface area contributed by atoms with Crippen molar-refractivity contribution in [2.24, 2.45) is 5.92 Å². The molecular formula is C14H23N3O. The van der Waals surface area contributed by atoms with Crippen LogP contribution in [-0.4, -0.2) is 16.2 Å². The lowest BCUT2D eigenvalue weighted by atomic mass is 10.00. The van der Waals surface area contributed by atoms with E-state index in [9.17, 15) is 4.79 Å². The average molecular weight is 249 g/mol. The van der Waals surface area contributed by atoms with E-state index < -0.39 is 0 Å². The van der Waals surface area contributed by atoms with Gasteiger partial charge in [0.15, 0.2) is 5.82 Å². The molecule has 18 heavy (non-hydrogen) atoms. The minimum Gasteiger partial charge on any atom is -0.312 e. The topological polar surface area (TPSA) is 46.9 Å². The fourth-order valence-corrected chi connectivity index (χ4v) is 2.83. The highest BCUT2D eigenvalue weighted by molar-refractivity contribution is 5.68. The molecule has 0 aromatic carbocycles. The Bertz CT molecular complexity index is 431. The summed E-state index contributed by atoms with van der Waals surface area (Å²) in [5, 5.41) is 7.18. The molecule has 4 nitrogen and oxygen atoms in total.